The van der Waals surface area contributed by atoms with Crippen LogP contribution in [0.15, 0.2) is 187 Å². The number of nitrogens with zero attached hydrogens (tertiary/aromatic N) is 1. The Morgan fingerprint density at radius 2 is 1.17 bits per heavy atom. The van der Waals surface area contributed by atoms with Gasteiger partial charge in [0.25, 0.3) is 0 Å². The van der Waals surface area contributed by atoms with Gasteiger partial charge in [-0.1, -0.05) is 146 Å². The lowest BCUT2D eigenvalue weighted by atomic mass is 9.63. The molecular formula is C46H41N3O4. The summed E-state index contributed by atoms with van der Waals surface area (Å²) in [5, 5.41) is 17.0. The number of H-pyrrole nitrogens is 1. The van der Waals surface area contributed by atoms with Crippen molar-refractivity contribution in [1.82, 2.24) is 9.97 Å². The van der Waals surface area contributed by atoms with Gasteiger partial charge in [0, 0.05) is 25.1 Å². The first-order valence-corrected chi connectivity index (χ1v) is 17.7. The predicted molar refractivity (Wildman–Crippen MR) is 210 cm³/mol. The molecule has 0 saturated heterocycles. The number of aromatic amines is 1. The molecule has 0 amide bonds. The van der Waals surface area contributed by atoms with Crippen molar-refractivity contribution < 1.29 is 14.6 Å². The van der Waals surface area contributed by atoms with E-state index in [-0.39, 0.29) is 18.9 Å². The Hall–Kier alpha value is -6.44. The molecule has 0 saturated carbocycles. The number of hydrogen-bond acceptors (Lipinski definition) is 6. The highest BCUT2D eigenvalue weighted by Gasteiger charge is 2.56. The van der Waals surface area contributed by atoms with Gasteiger partial charge >= 0.3 is 5.69 Å². The normalized spacial score (nSPS) is 12.5. The minimum atomic E-state index is -1.92. The summed E-state index contributed by atoms with van der Waals surface area (Å²) in [5.74, 6) is -0.314. The van der Waals surface area contributed by atoms with Gasteiger partial charge in [-0.15, -0.1) is 0 Å². The SMILES string of the molecule is COc1ccc(C(c2ccccc2)(c2ccccc2)C(O)(CCNc2ccnc(=O)[nH]2)Oc2cccc(C(c3ccccc3)c3ccccc3)c2)cc1. The van der Waals surface area contributed by atoms with Crippen LogP contribution < -0.4 is 20.5 Å². The molecule has 1 heterocycles. The van der Waals surface area contributed by atoms with Crippen LogP contribution in [0, 0.1) is 0 Å². The fourth-order valence-electron chi connectivity index (χ4n) is 7.37. The van der Waals surface area contributed by atoms with Crippen LogP contribution in [0.4, 0.5) is 5.82 Å². The molecule has 6 aromatic carbocycles. The van der Waals surface area contributed by atoms with Crippen LogP contribution >= 0.6 is 0 Å². The molecule has 53 heavy (non-hydrogen) atoms. The average Bonchev–Trinajstić information content (AvgIpc) is 3.20. The van der Waals surface area contributed by atoms with Crippen molar-refractivity contribution in [2.24, 2.45) is 0 Å². The molecule has 7 heteroatoms. The maximum atomic E-state index is 13.7. The molecule has 3 N–H and O–H groups in total. The van der Waals surface area contributed by atoms with Gasteiger partial charge in [-0.25, -0.2) is 9.78 Å². The third-order valence-corrected chi connectivity index (χ3v) is 9.72. The number of nitrogens with one attached hydrogen (secondary N) is 2. The monoisotopic (exact) mass is 699 g/mol. The van der Waals surface area contributed by atoms with Crippen LogP contribution in [0.1, 0.15) is 45.7 Å². The topological polar surface area (TPSA) is 96.5 Å². The van der Waals surface area contributed by atoms with Gasteiger partial charge < -0.3 is 19.9 Å². The highest BCUT2D eigenvalue weighted by molar-refractivity contribution is 5.55. The highest BCUT2D eigenvalue weighted by Crippen LogP contribution is 2.50. The number of anilines is 1. The van der Waals surface area contributed by atoms with Crippen molar-refractivity contribution in [3.8, 4) is 11.5 Å². The van der Waals surface area contributed by atoms with Crippen molar-refractivity contribution in [1.29, 1.82) is 0 Å². The molecule has 0 aliphatic heterocycles. The number of aliphatic hydroxyl groups is 1. The van der Waals surface area contributed by atoms with E-state index >= 15 is 0 Å². The summed E-state index contributed by atoms with van der Waals surface area (Å²) >= 11 is 0. The Labute approximate surface area is 309 Å². The van der Waals surface area contributed by atoms with Crippen molar-refractivity contribution >= 4 is 5.82 Å². The molecule has 1 unspecified atom stereocenters. The maximum absolute atomic E-state index is 13.7. The smallest absolute Gasteiger partial charge is 0.346 e. The first-order valence-electron chi connectivity index (χ1n) is 17.7. The van der Waals surface area contributed by atoms with Gasteiger partial charge in [0.15, 0.2) is 0 Å². The van der Waals surface area contributed by atoms with Crippen LogP contribution in [0.2, 0.25) is 0 Å². The summed E-state index contributed by atoms with van der Waals surface area (Å²) in [7, 11) is 1.64. The Kier molecular flexibility index (Phi) is 10.5. The molecule has 0 aliphatic carbocycles. The van der Waals surface area contributed by atoms with Crippen LogP contribution in [0.5, 0.6) is 11.5 Å². The molecule has 7 rings (SSSR count). The quantitative estimate of drug-likeness (QED) is 0.0778. The number of aromatic nitrogens is 2. The van der Waals surface area contributed by atoms with Gasteiger partial charge in [-0.2, -0.15) is 0 Å². The van der Waals surface area contributed by atoms with Crippen LogP contribution in [0.25, 0.3) is 0 Å². The van der Waals surface area contributed by atoms with E-state index in [0.717, 1.165) is 33.4 Å². The molecule has 7 aromatic rings. The summed E-state index contributed by atoms with van der Waals surface area (Å²) in [5.41, 5.74) is 4.04. The molecule has 0 fully saturated rings. The zero-order valence-electron chi connectivity index (χ0n) is 29.4. The molecular weight excluding hydrogens is 659 g/mol. The van der Waals surface area contributed by atoms with Crippen LogP contribution in [-0.4, -0.2) is 34.5 Å². The number of methoxy groups -OCH3 is 1. The second-order valence-electron chi connectivity index (χ2n) is 12.9. The van der Waals surface area contributed by atoms with Gasteiger partial charge in [0.2, 0.25) is 5.79 Å². The largest absolute Gasteiger partial charge is 0.497 e. The van der Waals surface area contributed by atoms with Crippen molar-refractivity contribution in [2.45, 2.75) is 23.5 Å². The van der Waals surface area contributed by atoms with Gasteiger partial charge in [0.05, 0.1) is 7.11 Å². The lowest BCUT2D eigenvalue weighted by molar-refractivity contribution is -0.174. The third kappa shape index (κ3) is 7.34. The number of rotatable bonds is 14. The first-order chi connectivity index (χ1) is 26.0. The third-order valence-electron chi connectivity index (χ3n) is 9.72. The van der Waals surface area contributed by atoms with Gasteiger partial charge in [-0.3, -0.25) is 4.98 Å². The fraction of sp³-hybridized carbons (Fsp3) is 0.130. The Bertz CT molecular complexity index is 2190. The van der Waals surface area contributed by atoms with Crippen molar-refractivity contribution in [2.75, 3.05) is 19.0 Å². The Balaban J connectivity index is 1.42. The molecule has 264 valence electrons. The fourth-order valence-corrected chi connectivity index (χ4v) is 7.37. The standard InChI is InChI=1S/C46H41N3O4/c1-52-40-27-25-39(26-28-40)46(37-20-10-4-11-21-37,38-22-12-5-13-23-38)45(51,30-32-47-42-29-31-48-44(50)49-42)53-41-24-14-19-36(33-41)43(34-15-6-2-7-16-34)35-17-8-3-9-18-35/h2-29,31,33,43,51H,30,32H2,1H3,(H2,47,48,49,50). The molecule has 1 aromatic heterocycles. The van der Waals surface area contributed by atoms with E-state index in [1.54, 1.807) is 13.2 Å². The van der Waals surface area contributed by atoms with E-state index in [1.165, 1.54) is 6.20 Å². The zero-order valence-corrected chi connectivity index (χ0v) is 29.4. The lowest BCUT2D eigenvalue weighted by Gasteiger charge is -2.48. The molecule has 0 spiro atoms. The van der Waals surface area contributed by atoms with Crippen LogP contribution in [-0.2, 0) is 5.41 Å². The molecule has 7 nitrogen and oxygen atoms in total. The van der Waals surface area contributed by atoms with E-state index in [2.05, 4.69) is 69.9 Å². The second-order valence-corrected chi connectivity index (χ2v) is 12.9. The number of hydrogen-bond donors (Lipinski definition) is 3. The van der Waals surface area contributed by atoms with Gasteiger partial charge in [-0.05, 0) is 63.7 Å². The number of benzene rings is 6. The second kappa shape index (κ2) is 15.8. The summed E-state index contributed by atoms with van der Waals surface area (Å²) in [6.07, 6.45) is 1.54. The highest BCUT2D eigenvalue weighted by atomic mass is 16.6. The molecule has 0 bridgehead atoms. The van der Waals surface area contributed by atoms with E-state index in [0.29, 0.717) is 17.3 Å². The minimum Gasteiger partial charge on any atom is -0.497 e. The van der Waals surface area contributed by atoms with Gasteiger partial charge in [0.1, 0.15) is 22.7 Å². The van der Waals surface area contributed by atoms with E-state index in [1.807, 2.05) is 115 Å². The van der Waals surface area contributed by atoms with Crippen molar-refractivity contribution in [3.05, 3.63) is 226 Å². The Morgan fingerprint density at radius 1 is 0.642 bits per heavy atom. The van der Waals surface area contributed by atoms with Crippen molar-refractivity contribution in [3.63, 3.8) is 0 Å². The Morgan fingerprint density at radius 3 is 1.72 bits per heavy atom. The molecule has 0 radical (unpaired) electrons. The summed E-state index contributed by atoms with van der Waals surface area (Å²) in [6, 6.07) is 58.2. The maximum Gasteiger partial charge on any atom is 0.346 e. The van der Waals surface area contributed by atoms with E-state index in [4.69, 9.17) is 9.47 Å². The predicted octanol–water partition coefficient (Wildman–Crippen LogP) is 8.56. The van der Waals surface area contributed by atoms with E-state index < -0.39 is 16.9 Å². The lowest BCUT2D eigenvalue weighted by Crippen LogP contribution is -2.58. The average molecular weight is 700 g/mol. The zero-order chi connectivity index (χ0) is 36.5. The first kappa shape index (κ1) is 35.0. The number of ether oxygens (including phenoxy) is 2. The molecule has 1 atom stereocenters. The summed E-state index contributed by atoms with van der Waals surface area (Å²) in [6.45, 7) is 0.240. The summed E-state index contributed by atoms with van der Waals surface area (Å²) < 4.78 is 12.7. The minimum absolute atomic E-state index is 0.0752. The van der Waals surface area contributed by atoms with E-state index in [9.17, 15) is 9.90 Å². The summed E-state index contributed by atoms with van der Waals surface area (Å²) in [4.78, 5) is 18.5. The van der Waals surface area contributed by atoms with Crippen LogP contribution in [0.3, 0.4) is 0 Å². The molecule has 0 aliphatic rings.